The highest BCUT2D eigenvalue weighted by Gasteiger charge is 2.63. The van der Waals surface area contributed by atoms with Crippen molar-refractivity contribution in [1.29, 1.82) is 0 Å². The minimum atomic E-state index is -0.726. The molecule has 0 aromatic heterocycles. The molecule has 2 saturated heterocycles. The lowest BCUT2D eigenvalue weighted by atomic mass is 9.52. The van der Waals surface area contributed by atoms with E-state index in [-0.39, 0.29) is 11.5 Å². The minimum Gasteiger partial charge on any atom is -0.508 e. The molecule has 3 aliphatic heterocycles. The predicted molar refractivity (Wildman–Crippen MR) is 139 cm³/mol. The number of benzene rings is 2. The van der Waals surface area contributed by atoms with Gasteiger partial charge in [-0.15, -0.1) is 0 Å². The second kappa shape index (κ2) is 8.22. The maximum absolute atomic E-state index is 12.6. The van der Waals surface area contributed by atoms with E-state index in [1.54, 1.807) is 0 Å². The number of nitrogens with zero attached hydrogens (tertiary/aromatic N) is 3. The first kappa shape index (κ1) is 22.1. The molecule has 2 N–H and O–H groups in total. The highest BCUT2D eigenvalue weighted by Crippen LogP contribution is 2.56. The van der Waals surface area contributed by atoms with Gasteiger partial charge in [0.25, 0.3) is 0 Å². The SMILES string of the molecule is Oc1ccc2c(c1)[C@@]13CCN(CCN4CCc5ccccc54)CC[C@@]1(O)[C@@H](C2)N(CC1CC1)CC3. The number of phenols is 1. The number of aromatic hydroxyl groups is 1. The average Bonchev–Trinajstić information content (AvgIpc) is 3.61. The molecule has 1 saturated carbocycles. The van der Waals surface area contributed by atoms with E-state index in [4.69, 9.17) is 0 Å². The van der Waals surface area contributed by atoms with Crippen LogP contribution in [0.5, 0.6) is 5.75 Å². The van der Waals surface area contributed by atoms with Gasteiger partial charge >= 0.3 is 0 Å². The van der Waals surface area contributed by atoms with E-state index in [9.17, 15) is 10.2 Å². The topological polar surface area (TPSA) is 50.2 Å². The van der Waals surface area contributed by atoms with E-state index in [1.807, 2.05) is 12.1 Å². The van der Waals surface area contributed by atoms with E-state index in [0.29, 0.717) is 5.75 Å². The number of phenolic OH excluding ortho intramolecular Hbond substituents is 1. The Morgan fingerprint density at radius 1 is 0.886 bits per heavy atom. The summed E-state index contributed by atoms with van der Waals surface area (Å²) in [4.78, 5) is 7.79. The molecule has 0 unspecified atom stereocenters. The van der Waals surface area contributed by atoms with Crippen LogP contribution in [0.1, 0.15) is 48.8 Å². The normalized spacial score (nSPS) is 32.6. The lowest BCUT2D eigenvalue weighted by Gasteiger charge is -2.61. The number of hydrogen-bond donors (Lipinski definition) is 2. The van der Waals surface area contributed by atoms with Gasteiger partial charge in [-0.25, -0.2) is 0 Å². The quantitative estimate of drug-likeness (QED) is 0.696. The summed E-state index contributed by atoms with van der Waals surface area (Å²) in [5.74, 6) is 1.17. The summed E-state index contributed by atoms with van der Waals surface area (Å²) in [5.41, 5.74) is 4.49. The van der Waals surface area contributed by atoms with Crippen molar-refractivity contribution in [2.75, 3.05) is 50.7 Å². The van der Waals surface area contributed by atoms with Crippen LogP contribution in [0.3, 0.4) is 0 Å². The summed E-state index contributed by atoms with van der Waals surface area (Å²) in [5, 5.41) is 23.1. The summed E-state index contributed by atoms with van der Waals surface area (Å²) in [6.45, 7) is 7.41. The molecule has 0 radical (unpaired) electrons. The Kier molecular flexibility index (Phi) is 5.20. The maximum Gasteiger partial charge on any atom is 0.115 e. The average molecular weight is 474 g/mol. The molecular formula is C30H39N3O2. The van der Waals surface area contributed by atoms with Crippen LogP contribution in [-0.4, -0.2) is 77.5 Å². The predicted octanol–water partition coefficient (Wildman–Crippen LogP) is 3.56. The summed E-state index contributed by atoms with van der Waals surface area (Å²) >= 11 is 0. The van der Waals surface area contributed by atoms with Crippen molar-refractivity contribution in [2.24, 2.45) is 5.92 Å². The molecule has 5 aliphatic rings. The lowest BCUT2D eigenvalue weighted by Crippen LogP contribution is -2.71. The Labute approximate surface area is 209 Å². The molecule has 0 amide bonds. The monoisotopic (exact) mass is 473 g/mol. The molecule has 2 bridgehead atoms. The Morgan fingerprint density at radius 3 is 2.60 bits per heavy atom. The van der Waals surface area contributed by atoms with E-state index < -0.39 is 5.60 Å². The Morgan fingerprint density at radius 2 is 1.71 bits per heavy atom. The van der Waals surface area contributed by atoms with Crippen molar-refractivity contribution >= 4 is 5.69 Å². The van der Waals surface area contributed by atoms with Crippen molar-refractivity contribution in [2.45, 2.75) is 62.0 Å². The van der Waals surface area contributed by atoms with Crippen LogP contribution in [0, 0.1) is 5.92 Å². The molecular weight excluding hydrogens is 434 g/mol. The highest BCUT2D eigenvalue weighted by atomic mass is 16.3. The standard InChI is InChI=1S/C30H39N3O2/c34-25-8-7-24-19-28-30(35)12-15-31(17-18-32-13-9-23-3-1-2-4-27(23)32)14-10-29(30,26(24)20-25)11-16-33(28)21-22-5-6-22/h1-4,7-8,20,22,28,34-35H,5-6,9-19,21H2/t28-,29+,30-/m1/s1. The number of anilines is 1. The second-order valence-electron chi connectivity index (χ2n) is 12.0. The first-order valence-corrected chi connectivity index (χ1v) is 13.9. The molecule has 2 aromatic rings. The molecule has 35 heavy (non-hydrogen) atoms. The first-order chi connectivity index (χ1) is 17.1. The van der Waals surface area contributed by atoms with Crippen molar-refractivity contribution < 1.29 is 10.2 Å². The van der Waals surface area contributed by atoms with Crippen LogP contribution in [0.15, 0.2) is 42.5 Å². The number of hydrogen-bond acceptors (Lipinski definition) is 5. The zero-order valence-electron chi connectivity index (χ0n) is 20.8. The molecule has 3 atom stereocenters. The van der Waals surface area contributed by atoms with Gasteiger partial charge < -0.3 is 20.0 Å². The van der Waals surface area contributed by atoms with Crippen LogP contribution in [0.2, 0.25) is 0 Å². The third-order valence-corrected chi connectivity index (χ3v) is 10.2. The third-order valence-electron chi connectivity index (χ3n) is 10.2. The number of aliphatic hydroxyl groups is 1. The van der Waals surface area contributed by atoms with Crippen molar-refractivity contribution in [1.82, 2.24) is 9.80 Å². The largest absolute Gasteiger partial charge is 0.508 e. The second-order valence-corrected chi connectivity index (χ2v) is 12.0. The third kappa shape index (κ3) is 3.53. The Bertz CT molecular complexity index is 1120. The fourth-order valence-electron chi connectivity index (χ4n) is 8.04. The van der Waals surface area contributed by atoms with E-state index >= 15 is 0 Å². The summed E-state index contributed by atoms with van der Waals surface area (Å²) in [6.07, 6.45) is 7.56. The van der Waals surface area contributed by atoms with E-state index in [1.165, 1.54) is 35.2 Å². The molecule has 5 heteroatoms. The van der Waals surface area contributed by atoms with Crippen LogP contribution < -0.4 is 4.90 Å². The van der Waals surface area contributed by atoms with Gasteiger partial charge in [-0.05, 0) is 98.8 Å². The van der Waals surface area contributed by atoms with Crippen molar-refractivity contribution in [3.8, 4) is 5.75 Å². The van der Waals surface area contributed by atoms with Gasteiger partial charge in [0.15, 0.2) is 0 Å². The molecule has 5 nitrogen and oxygen atoms in total. The lowest BCUT2D eigenvalue weighted by molar-refractivity contribution is -0.149. The summed E-state index contributed by atoms with van der Waals surface area (Å²) < 4.78 is 0. The van der Waals surface area contributed by atoms with Gasteiger partial charge in [-0.2, -0.15) is 0 Å². The summed E-state index contributed by atoms with van der Waals surface area (Å²) in [7, 11) is 0. The van der Waals surface area contributed by atoms with Crippen LogP contribution in [0.25, 0.3) is 0 Å². The zero-order chi connectivity index (χ0) is 23.6. The Balaban J connectivity index is 1.16. The number of piperidine rings is 1. The van der Waals surface area contributed by atoms with Crippen molar-refractivity contribution in [3.05, 3.63) is 59.2 Å². The first-order valence-electron chi connectivity index (χ1n) is 13.9. The van der Waals surface area contributed by atoms with E-state index in [2.05, 4.69) is 45.0 Å². The number of para-hydroxylation sites is 1. The van der Waals surface area contributed by atoms with Gasteiger partial charge in [-0.1, -0.05) is 24.3 Å². The van der Waals surface area contributed by atoms with Crippen molar-refractivity contribution in [3.63, 3.8) is 0 Å². The van der Waals surface area contributed by atoms with Gasteiger partial charge in [-0.3, -0.25) is 4.90 Å². The Hall–Kier alpha value is -2.08. The molecule has 2 aromatic carbocycles. The zero-order valence-corrected chi connectivity index (χ0v) is 20.8. The number of likely N-dealkylation sites (tertiary alicyclic amines) is 2. The van der Waals surface area contributed by atoms with Crippen LogP contribution in [0.4, 0.5) is 5.69 Å². The molecule has 186 valence electrons. The molecule has 3 fully saturated rings. The molecule has 0 spiro atoms. The fourth-order valence-corrected chi connectivity index (χ4v) is 8.04. The number of fused-ring (bicyclic) bond motifs is 2. The number of rotatable bonds is 5. The van der Waals surface area contributed by atoms with Gasteiger partial charge in [0.05, 0.1) is 5.60 Å². The highest BCUT2D eigenvalue weighted by molar-refractivity contribution is 5.57. The molecule has 2 aliphatic carbocycles. The molecule has 3 heterocycles. The minimum absolute atomic E-state index is 0.194. The van der Waals surface area contributed by atoms with Gasteiger partial charge in [0, 0.05) is 49.9 Å². The van der Waals surface area contributed by atoms with Crippen LogP contribution >= 0.6 is 0 Å². The molecule has 7 rings (SSSR count). The van der Waals surface area contributed by atoms with Gasteiger partial charge in [0.2, 0.25) is 0 Å². The smallest absolute Gasteiger partial charge is 0.115 e. The van der Waals surface area contributed by atoms with Crippen LogP contribution in [-0.2, 0) is 18.3 Å². The summed E-state index contributed by atoms with van der Waals surface area (Å²) in [6, 6.07) is 15.0. The van der Waals surface area contributed by atoms with Gasteiger partial charge in [0.1, 0.15) is 5.75 Å². The fraction of sp³-hybridized carbons (Fsp3) is 0.600. The maximum atomic E-state index is 12.6. The van der Waals surface area contributed by atoms with E-state index in [0.717, 1.165) is 83.8 Å².